The van der Waals surface area contributed by atoms with Crippen molar-refractivity contribution in [3.63, 3.8) is 0 Å². The van der Waals surface area contributed by atoms with Gasteiger partial charge in [0, 0.05) is 28.8 Å². The van der Waals surface area contributed by atoms with E-state index in [-0.39, 0.29) is 24.2 Å². The lowest BCUT2D eigenvalue weighted by Gasteiger charge is -2.20. The molecule has 0 saturated carbocycles. The molecular weight excluding hydrogens is 456 g/mol. The fourth-order valence-electron chi connectivity index (χ4n) is 3.68. The zero-order valence-electron chi connectivity index (χ0n) is 17.2. The third-order valence-electron chi connectivity index (χ3n) is 5.33. The summed E-state index contributed by atoms with van der Waals surface area (Å²) in [6.45, 7) is 2.46. The van der Waals surface area contributed by atoms with Gasteiger partial charge < -0.3 is 15.0 Å². The number of halogens is 1. The molecule has 31 heavy (non-hydrogen) atoms. The predicted octanol–water partition coefficient (Wildman–Crippen LogP) is 5.80. The highest BCUT2D eigenvalue weighted by atomic mass is 79.9. The molecule has 1 atom stereocenters. The summed E-state index contributed by atoms with van der Waals surface area (Å²) < 4.78 is 6.79. The minimum Gasteiger partial charge on any atom is -0.457 e. The van der Waals surface area contributed by atoms with Crippen molar-refractivity contribution in [1.82, 2.24) is 0 Å². The summed E-state index contributed by atoms with van der Waals surface area (Å²) in [6, 6.07) is 22.6. The number of rotatable bonds is 6. The highest BCUT2D eigenvalue weighted by Crippen LogP contribution is 2.30. The number of aryl methyl sites for hydroxylation is 1. The quantitative estimate of drug-likeness (QED) is 0.487. The van der Waals surface area contributed by atoms with E-state index >= 15 is 0 Å². The van der Waals surface area contributed by atoms with Gasteiger partial charge >= 0.3 is 0 Å². The summed E-state index contributed by atoms with van der Waals surface area (Å²) in [5.74, 6) is 0.873. The average molecular weight is 479 g/mol. The number of amides is 2. The molecule has 158 valence electrons. The van der Waals surface area contributed by atoms with Crippen molar-refractivity contribution in [2.75, 3.05) is 16.8 Å². The molecule has 0 bridgehead atoms. The lowest BCUT2D eigenvalue weighted by molar-refractivity contribution is -0.122. The van der Waals surface area contributed by atoms with Gasteiger partial charge in [-0.1, -0.05) is 41.1 Å². The minimum absolute atomic E-state index is 0.0145. The molecular formula is C25H23BrN2O3. The molecule has 0 aromatic heterocycles. The van der Waals surface area contributed by atoms with Crippen molar-refractivity contribution < 1.29 is 14.3 Å². The molecule has 1 aliphatic rings. The zero-order valence-corrected chi connectivity index (χ0v) is 18.8. The molecule has 1 heterocycles. The number of carbonyl (C=O) groups excluding carboxylic acids is 2. The van der Waals surface area contributed by atoms with Gasteiger partial charge in [0.1, 0.15) is 11.5 Å². The van der Waals surface area contributed by atoms with E-state index in [1.807, 2.05) is 48.5 Å². The SMILES string of the molecule is CCc1ccccc1N1C[C@H](C(=O)Nc2ccc(Oc3ccc(Br)cc3)cc2)CC1=O. The first-order valence-electron chi connectivity index (χ1n) is 10.3. The van der Waals surface area contributed by atoms with Crippen LogP contribution in [0.15, 0.2) is 77.3 Å². The second-order valence-corrected chi connectivity index (χ2v) is 8.37. The van der Waals surface area contributed by atoms with Crippen LogP contribution in [0.1, 0.15) is 18.9 Å². The van der Waals surface area contributed by atoms with Crippen LogP contribution in [0.2, 0.25) is 0 Å². The van der Waals surface area contributed by atoms with Gasteiger partial charge in [-0.15, -0.1) is 0 Å². The standard InChI is InChI=1S/C25H23BrN2O3/c1-2-17-5-3-4-6-23(17)28-16-18(15-24(28)29)25(30)27-20-9-13-22(14-10-20)31-21-11-7-19(26)8-12-21/h3-14,18H,2,15-16H2,1H3,(H,27,30)/t18-/m1/s1. The first kappa shape index (κ1) is 21.1. The number of para-hydroxylation sites is 1. The molecule has 2 amide bonds. The van der Waals surface area contributed by atoms with E-state index < -0.39 is 0 Å². The van der Waals surface area contributed by atoms with E-state index in [1.54, 1.807) is 29.2 Å². The molecule has 1 saturated heterocycles. The molecule has 3 aromatic carbocycles. The van der Waals surface area contributed by atoms with Crippen LogP contribution in [-0.4, -0.2) is 18.4 Å². The molecule has 1 aliphatic heterocycles. The van der Waals surface area contributed by atoms with Gasteiger partial charge in [-0.05, 0) is 66.6 Å². The van der Waals surface area contributed by atoms with Crippen LogP contribution < -0.4 is 15.0 Å². The fraction of sp³-hybridized carbons (Fsp3) is 0.200. The van der Waals surface area contributed by atoms with E-state index in [2.05, 4.69) is 28.2 Å². The Kier molecular flexibility index (Phi) is 6.37. The van der Waals surface area contributed by atoms with Crippen LogP contribution >= 0.6 is 15.9 Å². The number of nitrogens with one attached hydrogen (secondary N) is 1. The number of ether oxygens (including phenoxy) is 1. The van der Waals surface area contributed by atoms with Crippen LogP contribution in [0, 0.1) is 5.92 Å². The molecule has 0 aliphatic carbocycles. The molecule has 1 fully saturated rings. The number of carbonyl (C=O) groups is 2. The van der Waals surface area contributed by atoms with Gasteiger partial charge in [0.05, 0.1) is 5.92 Å². The molecule has 4 rings (SSSR count). The highest BCUT2D eigenvalue weighted by molar-refractivity contribution is 9.10. The maximum absolute atomic E-state index is 12.8. The predicted molar refractivity (Wildman–Crippen MR) is 126 cm³/mol. The number of hydrogen-bond donors (Lipinski definition) is 1. The van der Waals surface area contributed by atoms with Gasteiger partial charge in [-0.3, -0.25) is 9.59 Å². The van der Waals surface area contributed by atoms with Crippen LogP contribution in [-0.2, 0) is 16.0 Å². The molecule has 6 heteroatoms. The van der Waals surface area contributed by atoms with Gasteiger partial charge in [0.15, 0.2) is 0 Å². The second-order valence-electron chi connectivity index (χ2n) is 7.46. The smallest absolute Gasteiger partial charge is 0.229 e. The Hall–Kier alpha value is -3.12. The molecule has 0 spiro atoms. The van der Waals surface area contributed by atoms with E-state index in [0.29, 0.717) is 18.0 Å². The fourth-order valence-corrected chi connectivity index (χ4v) is 3.94. The summed E-state index contributed by atoms with van der Waals surface area (Å²) in [7, 11) is 0. The van der Waals surface area contributed by atoms with Crippen molar-refractivity contribution in [3.05, 3.63) is 82.8 Å². The first-order chi connectivity index (χ1) is 15.0. The summed E-state index contributed by atoms with van der Waals surface area (Å²) >= 11 is 3.40. The maximum Gasteiger partial charge on any atom is 0.229 e. The van der Waals surface area contributed by atoms with Gasteiger partial charge in [0.25, 0.3) is 0 Å². The molecule has 1 N–H and O–H groups in total. The van der Waals surface area contributed by atoms with E-state index in [0.717, 1.165) is 27.9 Å². The lowest BCUT2D eigenvalue weighted by atomic mass is 10.1. The van der Waals surface area contributed by atoms with Crippen LogP contribution in [0.5, 0.6) is 11.5 Å². The number of hydrogen-bond acceptors (Lipinski definition) is 3. The Balaban J connectivity index is 1.38. The second kappa shape index (κ2) is 9.35. The number of benzene rings is 3. The third kappa shape index (κ3) is 4.97. The van der Waals surface area contributed by atoms with Crippen molar-refractivity contribution in [2.24, 2.45) is 5.92 Å². The highest BCUT2D eigenvalue weighted by Gasteiger charge is 2.35. The van der Waals surface area contributed by atoms with E-state index in [9.17, 15) is 9.59 Å². The number of anilines is 2. The normalized spacial score (nSPS) is 15.7. The van der Waals surface area contributed by atoms with Crippen LogP contribution in [0.3, 0.4) is 0 Å². The summed E-state index contributed by atoms with van der Waals surface area (Å²) in [5.41, 5.74) is 2.69. The molecule has 3 aromatic rings. The first-order valence-corrected chi connectivity index (χ1v) is 11.1. The van der Waals surface area contributed by atoms with Crippen LogP contribution in [0.4, 0.5) is 11.4 Å². The van der Waals surface area contributed by atoms with Crippen molar-refractivity contribution in [1.29, 1.82) is 0 Å². The largest absolute Gasteiger partial charge is 0.457 e. The molecule has 0 unspecified atom stereocenters. The van der Waals surface area contributed by atoms with Gasteiger partial charge in [-0.25, -0.2) is 0 Å². The Morgan fingerprint density at radius 1 is 1.03 bits per heavy atom. The minimum atomic E-state index is -0.379. The van der Waals surface area contributed by atoms with Gasteiger partial charge in [0.2, 0.25) is 11.8 Å². The Bertz CT molecular complexity index is 1080. The zero-order chi connectivity index (χ0) is 21.8. The van der Waals surface area contributed by atoms with Crippen molar-refractivity contribution >= 4 is 39.1 Å². The topological polar surface area (TPSA) is 58.6 Å². The maximum atomic E-state index is 12.8. The summed E-state index contributed by atoms with van der Waals surface area (Å²) in [6.07, 6.45) is 1.06. The monoisotopic (exact) mass is 478 g/mol. The molecule has 5 nitrogen and oxygen atoms in total. The Morgan fingerprint density at radius 3 is 2.35 bits per heavy atom. The van der Waals surface area contributed by atoms with Gasteiger partial charge in [-0.2, -0.15) is 0 Å². The van der Waals surface area contributed by atoms with E-state index in [4.69, 9.17) is 4.74 Å². The summed E-state index contributed by atoms with van der Waals surface area (Å²) in [5, 5.41) is 2.92. The third-order valence-corrected chi connectivity index (χ3v) is 5.86. The van der Waals surface area contributed by atoms with Crippen LogP contribution in [0.25, 0.3) is 0 Å². The number of nitrogens with zero attached hydrogens (tertiary/aromatic N) is 1. The van der Waals surface area contributed by atoms with Crippen molar-refractivity contribution in [2.45, 2.75) is 19.8 Å². The van der Waals surface area contributed by atoms with E-state index in [1.165, 1.54) is 0 Å². The van der Waals surface area contributed by atoms with Crippen molar-refractivity contribution in [3.8, 4) is 11.5 Å². The lowest BCUT2D eigenvalue weighted by Crippen LogP contribution is -2.28. The Labute approximate surface area is 190 Å². The molecule has 0 radical (unpaired) electrons. The summed E-state index contributed by atoms with van der Waals surface area (Å²) in [4.78, 5) is 27.1. The average Bonchev–Trinajstić information content (AvgIpc) is 3.18. The Morgan fingerprint density at radius 2 is 1.68 bits per heavy atom.